The van der Waals surface area contributed by atoms with Gasteiger partial charge in [-0.1, -0.05) is 22.0 Å². The van der Waals surface area contributed by atoms with E-state index >= 15 is 0 Å². The number of benzene rings is 1. The maximum atomic E-state index is 13.0. The molecule has 0 aliphatic heterocycles. The molecule has 1 aromatic rings. The molecule has 7 heteroatoms. The summed E-state index contributed by atoms with van der Waals surface area (Å²) in [6.07, 6.45) is 0.927. The first-order valence-corrected chi connectivity index (χ1v) is 4.94. The van der Waals surface area contributed by atoms with Gasteiger partial charge in [-0.2, -0.15) is 0 Å². The van der Waals surface area contributed by atoms with Crippen LogP contribution in [0, 0.1) is 12.7 Å². The van der Waals surface area contributed by atoms with Crippen LogP contribution in [0.3, 0.4) is 0 Å². The Morgan fingerprint density at radius 2 is 1.81 bits per heavy atom. The van der Waals surface area contributed by atoms with E-state index in [0.717, 1.165) is 12.1 Å². The van der Waals surface area contributed by atoms with Gasteiger partial charge < -0.3 is 12.9 Å². The molecular formula is C9H7BBrF4K. The summed E-state index contributed by atoms with van der Waals surface area (Å²) in [4.78, 5) is 0. The Hall–Kier alpha value is 0.861. The molecule has 82 valence electrons. The fourth-order valence-corrected chi connectivity index (χ4v) is 1.47. The summed E-state index contributed by atoms with van der Waals surface area (Å²) in [6, 6.07) is 2.51. The van der Waals surface area contributed by atoms with Crippen LogP contribution in [0.2, 0.25) is 0 Å². The topological polar surface area (TPSA) is 0 Å². The van der Waals surface area contributed by atoms with Crippen LogP contribution in [0.5, 0.6) is 0 Å². The second kappa shape index (κ2) is 6.70. The maximum Gasteiger partial charge on any atom is 1.00 e. The fraction of sp³-hybridized carbons (Fsp3) is 0.111. The average molecular weight is 321 g/mol. The number of hydrogen-bond donors (Lipinski definition) is 0. The van der Waals surface area contributed by atoms with Gasteiger partial charge in [-0.25, -0.2) is 4.39 Å². The predicted octanol–water partition coefficient (Wildman–Crippen LogP) is 1.30. The zero-order chi connectivity index (χ0) is 11.6. The molecule has 0 aliphatic rings. The van der Waals surface area contributed by atoms with Gasteiger partial charge in [-0.3, -0.25) is 0 Å². The van der Waals surface area contributed by atoms with E-state index in [4.69, 9.17) is 0 Å². The number of halogens is 5. The zero-order valence-electron chi connectivity index (χ0n) is 8.78. The molecule has 1 aromatic carbocycles. The zero-order valence-corrected chi connectivity index (χ0v) is 13.5. The molecule has 0 atom stereocenters. The van der Waals surface area contributed by atoms with Gasteiger partial charge in [-0.15, -0.1) is 5.98 Å². The molecule has 0 unspecified atom stereocenters. The molecule has 0 radical (unpaired) electrons. The molecule has 0 aliphatic carbocycles. The van der Waals surface area contributed by atoms with Gasteiger partial charge in [-0.05, 0) is 30.2 Å². The normalized spacial score (nSPS) is 11.6. The van der Waals surface area contributed by atoms with Gasteiger partial charge >= 0.3 is 58.4 Å². The molecule has 0 bridgehead atoms. The van der Waals surface area contributed by atoms with Crippen molar-refractivity contribution in [2.24, 2.45) is 0 Å². The van der Waals surface area contributed by atoms with Crippen LogP contribution in [0.4, 0.5) is 17.3 Å². The van der Waals surface area contributed by atoms with Gasteiger partial charge in [0.1, 0.15) is 5.82 Å². The first kappa shape index (κ1) is 16.9. The first-order chi connectivity index (χ1) is 6.79. The molecule has 0 spiro atoms. The van der Waals surface area contributed by atoms with Crippen molar-refractivity contribution in [2.45, 2.75) is 6.92 Å². The average Bonchev–Trinajstić information content (AvgIpc) is 2.07. The molecule has 0 fully saturated rings. The molecule has 0 saturated heterocycles. The van der Waals surface area contributed by atoms with Crippen molar-refractivity contribution in [2.75, 3.05) is 0 Å². The van der Waals surface area contributed by atoms with Crippen molar-refractivity contribution in [3.63, 3.8) is 0 Å². The molecule has 1 rings (SSSR count). The van der Waals surface area contributed by atoms with E-state index in [1.807, 2.05) is 0 Å². The van der Waals surface area contributed by atoms with E-state index in [2.05, 4.69) is 15.9 Å². The van der Waals surface area contributed by atoms with Crippen molar-refractivity contribution < 1.29 is 68.7 Å². The molecule has 16 heavy (non-hydrogen) atoms. The number of aryl methyl sites for hydroxylation is 1. The number of hydrogen-bond acceptors (Lipinski definition) is 0. The third-order valence-electron chi connectivity index (χ3n) is 1.77. The minimum absolute atomic E-state index is 0. The minimum atomic E-state index is -4.96. The maximum absolute atomic E-state index is 13.0. The summed E-state index contributed by atoms with van der Waals surface area (Å²) >= 11 is 3.00. The third-order valence-corrected chi connectivity index (χ3v) is 2.46. The smallest absolute Gasteiger partial charge is 0.445 e. The van der Waals surface area contributed by atoms with Gasteiger partial charge in [0, 0.05) is 4.47 Å². The van der Waals surface area contributed by atoms with Crippen molar-refractivity contribution in [1.29, 1.82) is 0 Å². The van der Waals surface area contributed by atoms with Crippen molar-refractivity contribution in [3.05, 3.63) is 39.5 Å². The second-order valence-electron chi connectivity index (χ2n) is 3.11. The van der Waals surface area contributed by atoms with Crippen LogP contribution in [-0.2, 0) is 0 Å². The molecule has 0 heterocycles. The summed E-state index contributed by atoms with van der Waals surface area (Å²) in [6.45, 7) is -3.46. The van der Waals surface area contributed by atoms with E-state index in [1.165, 1.54) is 13.0 Å². The van der Waals surface area contributed by atoms with E-state index in [0.29, 0.717) is 15.6 Å². The fourth-order valence-electron chi connectivity index (χ4n) is 1.02. The Labute approximate surface area is 142 Å². The monoisotopic (exact) mass is 320 g/mol. The molecular weight excluding hydrogens is 314 g/mol. The minimum Gasteiger partial charge on any atom is -0.445 e. The third kappa shape index (κ3) is 5.46. The van der Waals surface area contributed by atoms with Gasteiger partial charge in [0.15, 0.2) is 0 Å². The van der Waals surface area contributed by atoms with Crippen molar-refractivity contribution in [3.8, 4) is 0 Å². The van der Waals surface area contributed by atoms with Gasteiger partial charge in [0.25, 0.3) is 0 Å². The molecule has 0 nitrogen and oxygen atoms in total. The summed E-state index contributed by atoms with van der Waals surface area (Å²) in [5.74, 6) is -0.270. The van der Waals surface area contributed by atoms with Gasteiger partial charge in [0.2, 0.25) is 0 Å². The standard InChI is InChI=1S/C9H7BBrF4.K/c1-6-4-7(2-3-10(13,14)15)8(11)5-9(6)12;/h2-5H,1H3;/q-1;+1/b3-2+;. The Morgan fingerprint density at radius 3 is 2.31 bits per heavy atom. The Morgan fingerprint density at radius 1 is 1.25 bits per heavy atom. The van der Waals surface area contributed by atoms with E-state index in [1.54, 1.807) is 0 Å². The summed E-state index contributed by atoms with van der Waals surface area (Å²) in [7, 11) is 0. The molecule has 0 amide bonds. The predicted molar refractivity (Wildman–Crippen MR) is 56.9 cm³/mol. The molecule has 0 aromatic heterocycles. The van der Waals surface area contributed by atoms with Gasteiger partial charge in [0.05, 0.1) is 0 Å². The van der Waals surface area contributed by atoms with Crippen LogP contribution in [-0.4, -0.2) is 6.98 Å². The molecule has 0 N–H and O–H groups in total. The largest absolute Gasteiger partial charge is 1.00 e. The Balaban J connectivity index is 0.00000225. The van der Waals surface area contributed by atoms with Crippen LogP contribution in [0.1, 0.15) is 11.1 Å². The van der Waals surface area contributed by atoms with Crippen molar-refractivity contribution in [1.82, 2.24) is 0 Å². The molecule has 0 saturated carbocycles. The van der Waals surface area contributed by atoms with E-state index < -0.39 is 12.8 Å². The van der Waals surface area contributed by atoms with E-state index in [9.17, 15) is 17.3 Å². The first-order valence-electron chi connectivity index (χ1n) is 4.14. The summed E-state index contributed by atoms with van der Waals surface area (Å²) in [5, 5.41) is 0. The van der Waals surface area contributed by atoms with Crippen LogP contribution in [0.15, 0.2) is 22.6 Å². The second-order valence-corrected chi connectivity index (χ2v) is 3.96. The Bertz CT molecular complexity index is 403. The Kier molecular flexibility index (Phi) is 7.06. The van der Waals surface area contributed by atoms with Crippen LogP contribution < -0.4 is 51.4 Å². The SMILES string of the molecule is Cc1cc(/C=C/[B-](F)(F)F)c(Br)cc1F.[K+]. The summed E-state index contributed by atoms with van der Waals surface area (Å²) in [5.41, 5.74) is 0.626. The van der Waals surface area contributed by atoms with E-state index in [-0.39, 0.29) is 57.4 Å². The number of rotatable bonds is 2. The summed E-state index contributed by atoms with van der Waals surface area (Å²) < 4.78 is 49.1. The quantitative estimate of drug-likeness (QED) is 0.569. The van der Waals surface area contributed by atoms with Crippen LogP contribution >= 0.6 is 15.9 Å². The van der Waals surface area contributed by atoms with Crippen LogP contribution in [0.25, 0.3) is 6.08 Å². The van der Waals surface area contributed by atoms with Crippen molar-refractivity contribution >= 4 is 29.0 Å².